The van der Waals surface area contributed by atoms with Crippen LogP contribution in [0.2, 0.25) is 0 Å². The number of hydrogen-bond acceptors (Lipinski definition) is 3. The first-order valence-electron chi connectivity index (χ1n) is 8.18. The predicted octanol–water partition coefficient (Wildman–Crippen LogP) is 3.98. The topological polar surface area (TPSA) is 35.5 Å². The van der Waals surface area contributed by atoms with Crippen molar-refractivity contribution in [2.75, 3.05) is 19.1 Å². The van der Waals surface area contributed by atoms with Gasteiger partial charge in [0.15, 0.2) is 0 Å². The van der Waals surface area contributed by atoms with Gasteiger partial charge in [0.05, 0.1) is 19.3 Å². The lowest BCUT2D eigenvalue weighted by molar-refractivity contribution is -0.152. The van der Waals surface area contributed by atoms with E-state index < -0.39 is 0 Å². The molecule has 1 aromatic rings. The van der Waals surface area contributed by atoms with Crippen molar-refractivity contribution in [3.8, 4) is 0 Å². The van der Waals surface area contributed by atoms with Crippen molar-refractivity contribution in [2.24, 2.45) is 23.7 Å². The molecular weight excluding hydrogens is 312 g/mol. The molecule has 0 saturated carbocycles. The van der Waals surface area contributed by atoms with Crippen LogP contribution >= 0.6 is 11.6 Å². The Bertz CT molecular complexity index is 584. The second-order valence-corrected chi connectivity index (χ2v) is 6.87. The molecule has 1 heterocycles. The van der Waals surface area contributed by atoms with E-state index in [0.29, 0.717) is 25.0 Å². The van der Waals surface area contributed by atoms with Gasteiger partial charge in [-0.3, -0.25) is 4.79 Å². The van der Waals surface area contributed by atoms with Crippen LogP contribution in [0.1, 0.15) is 25.5 Å². The summed E-state index contributed by atoms with van der Waals surface area (Å²) in [5.74, 6) is 0.901. The number of hydrogen-bond donors (Lipinski definition) is 0. The van der Waals surface area contributed by atoms with Gasteiger partial charge in [-0.2, -0.15) is 0 Å². The third-order valence-corrected chi connectivity index (χ3v) is 5.42. The zero-order valence-electron chi connectivity index (χ0n) is 13.6. The largest absolute Gasteiger partial charge is 0.464 e. The fraction of sp³-hybridized carbons (Fsp3) is 0.526. The summed E-state index contributed by atoms with van der Waals surface area (Å²) in [6, 6.07) is 10.3. The number of carbonyl (C=O) groups excluding carboxylic acids is 1. The Morgan fingerprint density at radius 3 is 2.78 bits per heavy atom. The number of carbonyl (C=O) groups is 1. The molecule has 3 rings (SSSR count). The zero-order chi connectivity index (χ0) is 16.4. The molecule has 0 amide bonds. The van der Waals surface area contributed by atoms with Crippen molar-refractivity contribution in [2.45, 2.75) is 20.0 Å². The lowest BCUT2D eigenvalue weighted by Gasteiger charge is -2.48. The van der Waals surface area contributed by atoms with E-state index in [4.69, 9.17) is 21.1 Å². The first kappa shape index (κ1) is 16.5. The van der Waals surface area contributed by atoms with E-state index in [1.807, 2.05) is 18.2 Å². The normalized spacial score (nSPS) is 33.0. The molecule has 0 aromatic heterocycles. The number of esters is 1. The molecule has 5 atom stereocenters. The van der Waals surface area contributed by atoms with Gasteiger partial charge in [0.1, 0.15) is 5.88 Å². The molecule has 124 valence electrons. The van der Waals surface area contributed by atoms with Gasteiger partial charge in [0.2, 0.25) is 0 Å². The van der Waals surface area contributed by atoms with E-state index in [1.165, 1.54) is 11.1 Å². The Labute approximate surface area is 142 Å². The maximum Gasteiger partial charge on any atom is 0.320 e. The average Bonchev–Trinajstić information content (AvgIpc) is 2.58. The van der Waals surface area contributed by atoms with Crippen LogP contribution in [-0.4, -0.2) is 25.1 Å². The summed E-state index contributed by atoms with van der Waals surface area (Å²) in [7, 11) is 0. The highest BCUT2D eigenvalue weighted by Crippen LogP contribution is 2.49. The van der Waals surface area contributed by atoms with Gasteiger partial charge in [-0.05, 0) is 24.3 Å². The molecule has 2 aliphatic rings. The van der Waals surface area contributed by atoms with Crippen LogP contribution in [0.4, 0.5) is 0 Å². The quantitative estimate of drug-likeness (QED) is 0.474. The van der Waals surface area contributed by atoms with E-state index in [1.54, 1.807) is 0 Å². The molecule has 1 aliphatic heterocycles. The number of benzene rings is 1. The van der Waals surface area contributed by atoms with Gasteiger partial charge in [-0.15, -0.1) is 11.6 Å². The lowest BCUT2D eigenvalue weighted by atomic mass is 9.64. The van der Waals surface area contributed by atoms with E-state index >= 15 is 0 Å². The molecule has 1 aliphatic carbocycles. The predicted molar refractivity (Wildman–Crippen MR) is 90.2 cm³/mol. The maximum absolute atomic E-state index is 11.5. The van der Waals surface area contributed by atoms with Gasteiger partial charge in [0.25, 0.3) is 0 Å². The summed E-state index contributed by atoms with van der Waals surface area (Å²) in [4.78, 5) is 11.5. The van der Waals surface area contributed by atoms with Gasteiger partial charge in [-0.1, -0.05) is 48.9 Å². The molecule has 1 fully saturated rings. The Balaban J connectivity index is 1.88. The van der Waals surface area contributed by atoms with Crippen LogP contribution in [0.15, 0.2) is 42.0 Å². The molecule has 3 nitrogen and oxygen atoms in total. The molecule has 4 heteroatoms. The smallest absolute Gasteiger partial charge is 0.320 e. The Morgan fingerprint density at radius 1 is 1.35 bits per heavy atom. The molecule has 0 radical (unpaired) electrons. The number of alkyl halides is 1. The fourth-order valence-corrected chi connectivity index (χ4v) is 4.18. The molecule has 0 spiro atoms. The van der Waals surface area contributed by atoms with Crippen molar-refractivity contribution in [3.63, 3.8) is 0 Å². The highest BCUT2D eigenvalue weighted by molar-refractivity contribution is 6.26. The minimum atomic E-state index is -0.346. The third kappa shape index (κ3) is 3.31. The van der Waals surface area contributed by atoms with Crippen LogP contribution in [0.3, 0.4) is 0 Å². The number of halogens is 1. The first-order valence-corrected chi connectivity index (χ1v) is 8.71. The Morgan fingerprint density at radius 2 is 2.09 bits per heavy atom. The number of rotatable bonds is 4. The summed E-state index contributed by atoms with van der Waals surface area (Å²) < 4.78 is 11.6. The highest BCUT2D eigenvalue weighted by Gasteiger charge is 2.46. The number of allylic oxidation sites excluding steroid dienone is 1. The molecule has 0 unspecified atom stereocenters. The SMILES string of the molecule is CC1=C[C@@H](C)[C@H]2CO[C@H](c3ccccc3)[C@@H]1[C@H]2COC(=O)CCl. The van der Waals surface area contributed by atoms with E-state index in [0.717, 1.165) is 0 Å². The van der Waals surface area contributed by atoms with Crippen molar-refractivity contribution in [3.05, 3.63) is 47.5 Å². The Kier molecular flexibility index (Phi) is 5.08. The van der Waals surface area contributed by atoms with Crippen molar-refractivity contribution >= 4 is 17.6 Å². The van der Waals surface area contributed by atoms with Crippen molar-refractivity contribution < 1.29 is 14.3 Å². The van der Waals surface area contributed by atoms with Crippen LogP contribution in [0.25, 0.3) is 0 Å². The number of fused-ring (bicyclic) bond motifs is 2. The van der Waals surface area contributed by atoms with Gasteiger partial charge < -0.3 is 9.47 Å². The second kappa shape index (κ2) is 7.06. The zero-order valence-corrected chi connectivity index (χ0v) is 14.3. The Hall–Kier alpha value is -1.32. The molecule has 1 aromatic carbocycles. The average molecular weight is 335 g/mol. The highest BCUT2D eigenvalue weighted by atomic mass is 35.5. The molecule has 0 N–H and O–H groups in total. The van der Waals surface area contributed by atoms with Gasteiger partial charge in [0, 0.05) is 11.8 Å². The monoisotopic (exact) mass is 334 g/mol. The van der Waals surface area contributed by atoms with E-state index in [9.17, 15) is 4.79 Å². The third-order valence-electron chi connectivity index (χ3n) is 5.21. The fourth-order valence-electron chi connectivity index (χ4n) is 4.10. The van der Waals surface area contributed by atoms with Crippen LogP contribution in [-0.2, 0) is 14.3 Å². The van der Waals surface area contributed by atoms with Crippen LogP contribution in [0, 0.1) is 23.7 Å². The standard InChI is InChI=1S/C19H23ClO3/c1-12-8-13(2)18-16(11-22-17(21)9-20)15(12)10-23-19(18)14-6-4-3-5-7-14/h3-8,12,15-16,18-19H,9-11H2,1-2H3/t12-,15-,16+,18+,19-/m1/s1. The minimum absolute atomic E-state index is 0.0240. The van der Waals surface area contributed by atoms with Crippen LogP contribution in [0.5, 0.6) is 0 Å². The summed E-state index contributed by atoms with van der Waals surface area (Å²) in [5.41, 5.74) is 2.51. The van der Waals surface area contributed by atoms with Gasteiger partial charge in [-0.25, -0.2) is 0 Å². The summed E-state index contributed by atoms with van der Waals surface area (Å²) >= 11 is 5.56. The van der Waals surface area contributed by atoms with Crippen LogP contribution < -0.4 is 0 Å². The van der Waals surface area contributed by atoms with Crippen molar-refractivity contribution in [1.29, 1.82) is 0 Å². The summed E-state index contributed by atoms with van der Waals surface area (Å²) in [5, 5.41) is 0. The maximum atomic E-state index is 11.5. The molecule has 1 saturated heterocycles. The molecule has 2 bridgehead atoms. The number of ether oxygens (including phenoxy) is 2. The van der Waals surface area contributed by atoms with Crippen molar-refractivity contribution in [1.82, 2.24) is 0 Å². The first-order chi connectivity index (χ1) is 11.1. The van der Waals surface area contributed by atoms with Gasteiger partial charge >= 0.3 is 5.97 Å². The second-order valence-electron chi connectivity index (χ2n) is 6.60. The molecular formula is C19H23ClO3. The summed E-state index contributed by atoms with van der Waals surface area (Å²) in [6.45, 7) is 5.50. The lowest BCUT2D eigenvalue weighted by Crippen LogP contribution is -2.46. The molecule has 23 heavy (non-hydrogen) atoms. The van der Waals surface area contributed by atoms with E-state index in [2.05, 4.69) is 32.1 Å². The minimum Gasteiger partial charge on any atom is -0.464 e. The summed E-state index contributed by atoms with van der Waals surface area (Å²) in [6.07, 6.45) is 2.38. The van der Waals surface area contributed by atoms with E-state index in [-0.39, 0.29) is 29.8 Å².